The molecule has 0 aromatic rings. The Bertz CT molecular complexity index is 17.1. The second kappa shape index (κ2) is 19.1. The van der Waals surface area contributed by atoms with E-state index in [1.54, 1.807) is 0 Å². The molecule has 0 heterocycles. The van der Waals surface area contributed by atoms with E-state index in [0.29, 0.717) is 0 Å². The summed E-state index contributed by atoms with van der Waals surface area (Å²) in [6.07, 6.45) is 0. The molecule has 5 heavy (non-hydrogen) atoms. The fourth-order valence-corrected chi connectivity index (χ4v) is 0. The van der Waals surface area contributed by atoms with Crippen molar-refractivity contribution in [2.75, 3.05) is 0 Å². The first-order valence-electron chi connectivity index (χ1n) is 0.393. The van der Waals surface area contributed by atoms with Gasteiger partial charge in [-0.05, 0) is 0 Å². The first kappa shape index (κ1) is 16.4. The lowest BCUT2D eigenvalue weighted by Gasteiger charge is -0.966. The van der Waals surface area contributed by atoms with Crippen molar-refractivity contribution in [2.45, 2.75) is 0 Å². The van der Waals surface area contributed by atoms with Crippen molar-refractivity contribution in [3.63, 3.8) is 0 Å². The molecule has 0 aliphatic carbocycles. The first-order valence-corrected chi connectivity index (χ1v) is 3.56. The van der Waals surface area contributed by atoms with E-state index in [4.69, 9.17) is 4.57 Å². The lowest BCUT2D eigenvalue weighted by molar-refractivity contribution is 0.606. The standard InChI is InChI=1S/BrOP.2ClH/c1-3-2;;/h;2*1H/p+1. The smallest absolute Gasteiger partial charge is 0.147 e. The van der Waals surface area contributed by atoms with Gasteiger partial charge in [0.2, 0.25) is 0 Å². The van der Waals surface area contributed by atoms with Gasteiger partial charge in [0.25, 0.3) is 15.5 Å². The zero-order chi connectivity index (χ0) is 2.71. The van der Waals surface area contributed by atoms with Crippen molar-refractivity contribution in [3.05, 3.63) is 0 Å². The van der Waals surface area contributed by atoms with E-state index in [1.165, 1.54) is 0 Å². The minimum absolute atomic E-state index is 0. The Morgan fingerprint density at radius 1 is 1.40 bits per heavy atom. The van der Waals surface area contributed by atoms with Gasteiger partial charge in [0.1, 0.15) is 0 Å². The van der Waals surface area contributed by atoms with Gasteiger partial charge in [-0.15, -0.1) is 24.8 Å². The Morgan fingerprint density at radius 2 is 1.40 bits per heavy atom. The highest BCUT2D eigenvalue weighted by Gasteiger charge is 1.52. The Morgan fingerprint density at radius 3 is 1.40 bits per heavy atom. The molecule has 0 aliphatic rings. The molecular formula is H3BrCl2OP+. The maximum atomic E-state index is 8.88. The molecule has 0 bridgehead atoms. The zero-order valence-corrected chi connectivity index (χ0v) is 6.32. The van der Waals surface area contributed by atoms with Crippen LogP contribution < -0.4 is 0 Å². The normalized spacial score (nSPS) is 4.20. The lowest BCUT2D eigenvalue weighted by atomic mass is 16.0. The highest BCUT2D eigenvalue weighted by molar-refractivity contribution is 9.35. The van der Waals surface area contributed by atoms with Crippen molar-refractivity contribution >= 4 is 47.5 Å². The van der Waals surface area contributed by atoms with Crippen LogP contribution in [-0.2, 0) is 4.57 Å². The maximum Gasteiger partial charge on any atom is 0.403 e. The summed E-state index contributed by atoms with van der Waals surface area (Å²) in [5.41, 5.74) is 0. The van der Waals surface area contributed by atoms with Gasteiger partial charge in [0.15, 0.2) is 0 Å². The quantitative estimate of drug-likeness (QED) is 0.548. The van der Waals surface area contributed by atoms with Gasteiger partial charge in [0.05, 0.1) is 0 Å². The van der Waals surface area contributed by atoms with E-state index in [9.17, 15) is 0 Å². The van der Waals surface area contributed by atoms with Crippen LogP contribution >= 0.6 is 47.5 Å². The molecule has 1 unspecified atom stereocenters. The van der Waals surface area contributed by atoms with Crippen LogP contribution in [0.25, 0.3) is 0 Å². The second-order valence-corrected chi connectivity index (χ2v) is 1.20. The SMILES string of the molecule is Cl.Cl.O=[PH+]Br. The summed E-state index contributed by atoms with van der Waals surface area (Å²) in [6, 6.07) is 0. The Kier molecular flexibility index (Phi) is 62.9. The van der Waals surface area contributed by atoms with Gasteiger partial charge in [-0.1, -0.05) is 4.57 Å². The average molecular weight is 201 g/mol. The van der Waals surface area contributed by atoms with Gasteiger partial charge < -0.3 is 0 Å². The topological polar surface area (TPSA) is 17.1 Å². The largest absolute Gasteiger partial charge is 0.403 e. The molecule has 5 heteroatoms. The summed E-state index contributed by atoms with van der Waals surface area (Å²) >= 11 is 2.62. The van der Waals surface area contributed by atoms with Crippen molar-refractivity contribution in [1.82, 2.24) is 0 Å². The third-order valence-corrected chi connectivity index (χ3v) is 0. The van der Waals surface area contributed by atoms with Gasteiger partial charge in [0, 0.05) is 0 Å². The third-order valence-electron chi connectivity index (χ3n) is 0. The summed E-state index contributed by atoms with van der Waals surface area (Å²) in [4.78, 5) is 0. The minimum atomic E-state index is -0.354. The van der Waals surface area contributed by atoms with Gasteiger partial charge in [-0.3, -0.25) is 0 Å². The molecule has 0 aromatic heterocycles. The van der Waals surface area contributed by atoms with Crippen LogP contribution in [0.5, 0.6) is 0 Å². The predicted octanol–water partition coefficient (Wildman–Crippen LogP) is 2.16. The fraction of sp³-hybridized carbons (Fsp3) is 0. The summed E-state index contributed by atoms with van der Waals surface area (Å²) < 4.78 is 8.88. The van der Waals surface area contributed by atoms with Crippen LogP contribution in [0.2, 0.25) is 0 Å². The van der Waals surface area contributed by atoms with Gasteiger partial charge in [-0.2, -0.15) is 0 Å². The van der Waals surface area contributed by atoms with E-state index < -0.39 is 0 Å². The molecule has 0 spiro atoms. The summed E-state index contributed by atoms with van der Waals surface area (Å²) in [5.74, 6) is 0. The van der Waals surface area contributed by atoms with Crippen LogP contribution in [0.4, 0.5) is 0 Å². The van der Waals surface area contributed by atoms with Crippen LogP contribution in [-0.4, -0.2) is 0 Å². The van der Waals surface area contributed by atoms with Crippen molar-refractivity contribution < 1.29 is 4.57 Å². The van der Waals surface area contributed by atoms with E-state index in [0.717, 1.165) is 0 Å². The number of rotatable bonds is 0. The zero-order valence-electron chi connectivity index (χ0n) is 2.10. The second-order valence-electron chi connectivity index (χ2n) is 0.0772. The number of halogens is 3. The third kappa shape index (κ3) is 38.3. The molecule has 0 aliphatic heterocycles. The Labute approximate surface area is 52.3 Å². The van der Waals surface area contributed by atoms with Crippen LogP contribution in [0, 0.1) is 0 Å². The van der Waals surface area contributed by atoms with Crippen molar-refractivity contribution in [3.8, 4) is 0 Å². The van der Waals surface area contributed by atoms with E-state index >= 15 is 0 Å². The molecule has 34 valence electrons. The van der Waals surface area contributed by atoms with Gasteiger partial charge >= 0.3 is 7.16 Å². The maximum absolute atomic E-state index is 8.88. The summed E-state index contributed by atoms with van der Waals surface area (Å²) in [5, 5.41) is 0. The molecule has 0 N–H and O–H groups in total. The molecule has 0 aromatic carbocycles. The molecular weight excluding hydrogens is 198 g/mol. The average Bonchev–Trinajstić information content (AvgIpc) is 0.918. The molecule has 0 saturated heterocycles. The van der Waals surface area contributed by atoms with Crippen LogP contribution in [0.1, 0.15) is 0 Å². The molecule has 1 atom stereocenters. The van der Waals surface area contributed by atoms with Crippen molar-refractivity contribution in [2.24, 2.45) is 0 Å². The fourth-order valence-electron chi connectivity index (χ4n) is 0. The molecule has 0 rings (SSSR count). The molecule has 0 fully saturated rings. The number of hydrogen-bond acceptors (Lipinski definition) is 1. The summed E-state index contributed by atoms with van der Waals surface area (Å²) in [6.45, 7) is 0. The van der Waals surface area contributed by atoms with Crippen molar-refractivity contribution in [1.29, 1.82) is 0 Å². The Balaban J connectivity index is -0.0000000200. The highest BCUT2D eigenvalue weighted by Crippen LogP contribution is 1.98. The molecule has 1 nitrogen and oxygen atoms in total. The monoisotopic (exact) mass is 199 g/mol. The number of hydrogen-bond donors (Lipinski definition) is 0. The highest BCUT2D eigenvalue weighted by atomic mass is 79.9. The van der Waals surface area contributed by atoms with Crippen LogP contribution in [0.3, 0.4) is 0 Å². The van der Waals surface area contributed by atoms with E-state index in [1.807, 2.05) is 0 Å². The molecule has 0 radical (unpaired) electrons. The lowest BCUT2D eigenvalue weighted by Crippen LogP contribution is -0.681. The summed E-state index contributed by atoms with van der Waals surface area (Å²) in [7, 11) is -0.354. The molecule has 0 amide bonds. The molecule has 0 saturated carbocycles. The first-order chi connectivity index (χ1) is 1.41. The predicted molar refractivity (Wildman–Crippen MR) is 32.4 cm³/mol. The van der Waals surface area contributed by atoms with Crippen LogP contribution in [0.15, 0.2) is 0 Å². The van der Waals surface area contributed by atoms with E-state index in [2.05, 4.69) is 15.5 Å². The minimum Gasteiger partial charge on any atom is -0.147 e. The van der Waals surface area contributed by atoms with Gasteiger partial charge in [-0.25, -0.2) is 0 Å². The van der Waals surface area contributed by atoms with E-state index in [-0.39, 0.29) is 32.0 Å². The Hall–Kier alpha value is 1.16.